The molecule has 19 heavy (non-hydrogen) atoms. The molecule has 2 aromatic rings. The monoisotopic (exact) mass is 259 g/mol. The Morgan fingerprint density at radius 2 is 1.89 bits per heavy atom. The topological polar surface area (TPSA) is 79.5 Å². The largest absolute Gasteiger partial charge is 0.479 e. The molecule has 0 saturated heterocycles. The molecule has 0 saturated carbocycles. The van der Waals surface area contributed by atoms with Crippen LogP contribution in [0.2, 0.25) is 0 Å². The van der Waals surface area contributed by atoms with Gasteiger partial charge in [-0.2, -0.15) is 0 Å². The van der Waals surface area contributed by atoms with Crippen molar-refractivity contribution in [1.82, 2.24) is 5.32 Å². The zero-order chi connectivity index (χ0) is 13.8. The van der Waals surface area contributed by atoms with E-state index in [2.05, 4.69) is 5.32 Å². The fraction of sp³-hybridized carbons (Fsp3) is 0.143. The molecule has 5 heteroatoms. The molecule has 2 rings (SSSR count). The van der Waals surface area contributed by atoms with Crippen molar-refractivity contribution < 1.29 is 19.1 Å². The molecule has 0 aliphatic carbocycles. The molecule has 0 spiro atoms. The summed E-state index contributed by atoms with van der Waals surface area (Å²) in [7, 11) is 0. The van der Waals surface area contributed by atoms with E-state index in [9.17, 15) is 14.7 Å². The number of carboxylic acids is 1. The Kier molecular flexibility index (Phi) is 3.66. The third kappa shape index (κ3) is 2.82. The average Bonchev–Trinajstić information content (AvgIpc) is 2.82. The predicted molar refractivity (Wildman–Crippen MR) is 67.7 cm³/mol. The maximum atomic E-state index is 12.0. The van der Waals surface area contributed by atoms with Crippen LogP contribution in [-0.4, -0.2) is 17.0 Å². The minimum atomic E-state index is -1.11. The number of carboxylic acid groups (broad SMARTS) is 1. The van der Waals surface area contributed by atoms with Crippen molar-refractivity contribution in [1.29, 1.82) is 0 Å². The van der Waals surface area contributed by atoms with Gasteiger partial charge in [-0.25, -0.2) is 4.79 Å². The Morgan fingerprint density at radius 1 is 1.21 bits per heavy atom. The van der Waals surface area contributed by atoms with Gasteiger partial charge in [0.25, 0.3) is 5.91 Å². The highest BCUT2D eigenvalue weighted by atomic mass is 16.4. The number of furan rings is 1. The van der Waals surface area contributed by atoms with Crippen molar-refractivity contribution in [2.75, 3.05) is 0 Å². The number of aliphatic carboxylic acids is 1. The molecule has 1 aromatic heterocycles. The zero-order valence-electron chi connectivity index (χ0n) is 10.3. The van der Waals surface area contributed by atoms with Crippen LogP contribution < -0.4 is 5.32 Å². The Hall–Kier alpha value is -2.56. The summed E-state index contributed by atoms with van der Waals surface area (Å²) >= 11 is 0. The van der Waals surface area contributed by atoms with Gasteiger partial charge in [-0.3, -0.25) is 4.79 Å². The number of rotatable bonds is 4. The number of carbonyl (C=O) groups excluding carboxylic acids is 1. The van der Waals surface area contributed by atoms with Gasteiger partial charge in [0.1, 0.15) is 5.76 Å². The van der Waals surface area contributed by atoms with Crippen LogP contribution in [0.25, 0.3) is 0 Å². The zero-order valence-corrected chi connectivity index (χ0v) is 10.3. The molecule has 5 nitrogen and oxygen atoms in total. The summed E-state index contributed by atoms with van der Waals surface area (Å²) in [6.45, 7) is 1.65. The van der Waals surface area contributed by atoms with Crippen LogP contribution in [0.15, 0.2) is 47.1 Å². The van der Waals surface area contributed by atoms with Crippen molar-refractivity contribution in [3.05, 3.63) is 59.5 Å². The number of benzene rings is 1. The van der Waals surface area contributed by atoms with Crippen LogP contribution in [-0.2, 0) is 4.79 Å². The summed E-state index contributed by atoms with van der Waals surface area (Å²) in [6.07, 6.45) is 1.39. The number of hydrogen-bond donors (Lipinski definition) is 2. The lowest BCUT2D eigenvalue weighted by Gasteiger charge is -2.14. The van der Waals surface area contributed by atoms with Crippen molar-refractivity contribution >= 4 is 11.9 Å². The Bertz CT molecular complexity index is 589. The van der Waals surface area contributed by atoms with E-state index in [1.54, 1.807) is 37.3 Å². The van der Waals surface area contributed by atoms with Gasteiger partial charge >= 0.3 is 5.97 Å². The standard InChI is InChI=1S/C14H13NO4/c1-9-11(7-8-19-9)13(16)15-12(14(17)18)10-5-3-2-4-6-10/h2-8,12H,1H3,(H,15,16)(H,17,18). The van der Waals surface area contributed by atoms with Crippen molar-refractivity contribution in [3.8, 4) is 0 Å². The molecule has 0 radical (unpaired) electrons. The van der Waals surface area contributed by atoms with E-state index in [1.165, 1.54) is 12.3 Å². The minimum Gasteiger partial charge on any atom is -0.479 e. The van der Waals surface area contributed by atoms with Crippen LogP contribution >= 0.6 is 0 Å². The smallest absolute Gasteiger partial charge is 0.330 e. The first-order valence-corrected chi connectivity index (χ1v) is 5.72. The second-order valence-electron chi connectivity index (χ2n) is 4.05. The first-order chi connectivity index (χ1) is 9.09. The van der Waals surface area contributed by atoms with Gasteiger partial charge in [-0.05, 0) is 18.6 Å². The SMILES string of the molecule is Cc1occc1C(=O)NC(C(=O)O)c1ccccc1. The second-order valence-corrected chi connectivity index (χ2v) is 4.05. The predicted octanol–water partition coefficient (Wildman–Crippen LogP) is 2.14. The van der Waals surface area contributed by atoms with E-state index in [0.717, 1.165) is 0 Å². The van der Waals surface area contributed by atoms with Crippen molar-refractivity contribution in [3.63, 3.8) is 0 Å². The number of nitrogens with one attached hydrogen (secondary N) is 1. The summed E-state index contributed by atoms with van der Waals surface area (Å²) in [5.74, 6) is -1.13. The fourth-order valence-corrected chi connectivity index (χ4v) is 1.76. The van der Waals surface area contributed by atoms with Crippen LogP contribution in [0, 0.1) is 6.92 Å². The molecular formula is C14H13NO4. The lowest BCUT2D eigenvalue weighted by atomic mass is 10.1. The average molecular weight is 259 g/mol. The van der Waals surface area contributed by atoms with Crippen LogP contribution in [0.1, 0.15) is 27.7 Å². The molecule has 0 aliphatic heterocycles. The quantitative estimate of drug-likeness (QED) is 0.881. The second kappa shape index (κ2) is 5.39. The molecule has 0 bridgehead atoms. The molecule has 98 valence electrons. The number of carbonyl (C=O) groups is 2. The molecule has 1 amide bonds. The van der Waals surface area contributed by atoms with E-state index < -0.39 is 17.9 Å². The van der Waals surface area contributed by atoms with Gasteiger partial charge in [0, 0.05) is 0 Å². The van der Waals surface area contributed by atoms with Crippen molar-refractivity contribution in [2.24, 2.45) is 0 Å². The summed E-state index contributed by atoms with van der Waals surface area (Å²) in [5.41, 5.74) is 0.853. The normalized spacial score (nSPS) is 11.8. The molecule has 0 aliphatic rings. The van der Waals surface area contributed by atoms with Gasteiger partial charge in [0.2, 0.25) is 0 Å². The highest BCUT2D eigenvalue weighted by Gasteiger charge is 2.23. The van der Waals surface area contributed by atoms with Crippen LogP contribution in [0.4, 0.5) is 0 Å². The number of amides is 1. The Morgan fingerprint density at radius 3 is 2.42 bits per heavy atom. The molecule has 1 heterocycles. The Balaban J connectivity index is 2.21. The van der Waals surface area contributed by atoms with Gasteiger partial charge in [-0.15, -0.1) is 0 Å². The summed E-state index contributed by atoms with van der Waals surface area (Å²) in [4.78, 5) is 23.2. The minimum absolute atomic E-state index is 0.335. The molecule has 2 N–H and O–H groups in total. The number of hydrogen-bond acceptors (Lipinski definition) is 3. The summed E-state index contributed by atoms with van der Waals surface area (Å²) in [6, 6.07) is 8.96. The molecular weight excluding hydrogens is 246 g/mol. The van der Waals surface area contributed by atoms with E-state index in [1.807, 2.05) is 0 Å². The number of aryl methyl sites for hydroxylation is 1. The highest BCUT2D eigenvalue weighted by Crippen LogP contribution is 2.15. The first kappa shape index (κ1) is 12.9. The first-order valence-electron chi connectivity index (χ1n) is 5.72. The van der Waals surface area contributed by atoms with E-state index in [4.69, 9.17) is 4.42 Å². The van der Waals surface area contributed by atoms with Gasteiger partial charge in [0.15, 0.2) is 6.04 Å². The molecule has 1 aromatic carbocycles. The van der Waals surface area contributed by atoms with Crippen LogP contribution in [0.5, 0.6) is 0 Å². The summed E-state index contributed by atoms with van der Waals surface area (Å²) in [5, 5.41) is 11.7. The van der Waals surface area contributed by atoms with Crippen molar-refractivity contribution in [2.45, 2.75) is 13.0 Å². The fourth-order valence-electron chi connectivity index (χ4n) is 1.76. The lowest BCUT2D eigenvalue weighted by molar-refractivity contribution is -0.139. The molecule has 1 atom stereocenters. The van der Waals surface area contributed by atoms with E-state index in [0.29, 0.717) is 16.9 Å². The van der Waals surface area contributed by atoms with Gasteiger partial charge < -0.3 is 14.8 Å². The van der Waals surface area contributed by atoms with Crippen LogP contribution in [0.3, 0.4) is 0 Å². The van der Waals surface area contributed by atoms with E-state index >= 15 is 0 Å². The summed E-state index contributed by atoms with van der Waals surface area (Å²) < 4.78 is 5.03. The van der Waals surface area contributed by atoms with Gasteiger partial charge in [0.05, 0.1) is 11.8 Å². The maximum absolute atomic E-state index is 12.0. The third-order valence-electron chi connectivity index (χ3n) is 2.76. The molecule has 1 unspecified atom stereocenters. The Labute approximate surface area is 109 Å². The lowest BCUT2D eigenvalue weighted by Crippen LogP contribution is -2.33. The van der Waals surface area contributed by atoms with Gasteiger partial charge in [-0.1, -0.05) is 30.3 Å². The third-order valence-corrected chi connectivity index (χ3v) is 2.76. The molecule has 0 fully saturated rings. The highest BCUT2D eigenvalue weighted by molar-refractivity contribution is 5.97. The maximum Gasteiger partial charge on any atom is 0.330 e. The van der Waals surface area contributed by atoms with E-state index in [-0.39, 0.29) is 0 Å².